The molecule has 128 valence electrons. The van der Waals surface area contributed by atoms with Crippen LogP contribution in [-0.2, 0) is 11.3 Å². The topological polar surface area (TPSA) is 12.5 Å². The normalized spacial score (nSPS) is 33.9. The van der Waals surface area contributed by atoms with Crippen molar-refractivity contribution in [2.75, 3.05) is 0 Å². The van der Waals surface area contributed by atoms with Crippen molar-refractivity contribution in [3.05, 3.63) is 35.4 Å². The van der Waals surface area contributed by atoms with Crippen molar-refractivity contribution >= 4 is 0 Å². The van der Waals surface area contributed by atoms with Gasteiger partial charge in [0, 0.05) is 18.0 Å². The standard InChI is InChI=1S/C21H33NO/c1-7-16-10-8-9-11-18(16)17-12-15(4)20-19(13-17)21(5,6)23-22(20)14(2)3/h8-11,14-15,17,19-20H,7,12-13H2,1-6H3. The van der Waals surface area contributed by atoms with Gasteiger partial charge in [0.05, 0.1) is 5.60 Å². The summed E-state index contributed by atoms with van der Waals surface area (Å²) in [5.74, 6) is 1.97. The average Bonchev–Trinajstić information content (AvgIpc) is 2.79. The summed E-state index contributed by atoms with van der Waals surface area (Å²) in [6.45, 7) is 13.8. The van der Waals surface area contributed by atoms with Crippen LogP contribution in [0.2, 0.25) is 0 Å². The van der Waals surface area contributed by atoms with E-state index in [0.717, 1.165) is 6.42 Å². The molecule has 23 heavy (non-hydrogen) atoms. The van der Waals surface area contributed by atoms with Gasteiger partial charge in [-0.15, -0.1) is 0 Å². The Morgan fingerprint density at radius 1 is 1.22 bits per heavy atom. The predicted molar refractivity (Wildman–Crippen MR) is 96.4 cm³/mol. The highest BCUT2D eigenvalue weighted by Gasteiger charge is 2.54. The molecule has 1 heterocycles. The molecule has 2 aliphatic rings. The zero-order valence-corrected chi connectivity index (χ0v) is 15.7. The van der Waals surface area contributed by atoms with Crippen molar-refractivity contribution in [1.29, 1.82) is 0 Å². The number of hydroxylamine groups is 2. The van der Waals surface area contributed by atoms with Crippen molar-refractivity contribution in [2.45, 2.75) is 84.4 Å². The summed E-state index contributed by atoms with van der Waals surface area (Å²) >= 11 is 0. The molecule has 4 unspecified atom stereocenters. The van der Waals surface area contributed by atoms with E-state index in [-0.39, 0.29) is 5.60 Å². The molecule has 0 bridgehead atoms. The number of aryl methyl sites for hydroxylation is 1. The number of rotatable bonds is 3. The highest BCUT2D eigenvalue weighted by Crippen LogP contribution is 2.51. The minimum Gasteiger partial charge on any atom is -0.292 e. The molecule has 0 radical (unpaired) electrons. The summed E-state index contributed by atoms with van der Waals surface area (Å²) in [4.78, 5) is 6.40. The maximum Gasteiger partial charge on any atom is 0.0888 e. The molecule has 1 saturated carbocycles. The van der Waals surface area contributed by atoms with E-state index < -0.39 is 0 Å². The smallest absolute Gasteiger partial charge is 0.0888 e. The fourth-order valence-corrected chi connectivity index (χ4v) is 5.01. The van der Waals surface area contributed by atoms with Crippen molar-refractivity contribution in [1.82, 2.24) is 5.06 Å². The summed E-state index contributed by atoms with van der Waals surface area (Å²) in [6, 6.07) is 10.1. The fourth-order valence-electron chi connectivity index (χ4n) is 5.01. The third-order valence-electron chi connectivity index (χ3n) is 6.10. The number of fused-ring (bicyclic) bond motifs is 1. The van der Waals surface area contributed by atoms with Gasteiger partial charge in [-0.25, -0.2) is 0 Å². The molecule has 0 N–H and O–H groups in total. The lowest BCUT2D eigenvalue weighted by molar-refractivity contribution is -0.215. The van der Waals surface area contributed by atoms with Gasteiger partial charge < -0.3 is 0 Å². The van der Waals surface area contributed by atoms with Gasteiger partial charge in [0.2, 0.25) is 0 Å². The second-order valence-electron chi connectivity index (χ2n) is 8.44. The lowest BCUT2D eigenvalue weighted by atomic mass is 9.65. The first-order chi connectivity index (χ1) is 10.8. The second kappa shape index (κ2) is 6.22. The van der Waals surface area contributed by atoms with Gasteiger partial charge in [0.15, 0.2) is 0 Å². The molecule has 1 saturated heterocycles. The molecule has 1 aliphatic heterocycles. The Kier molecular flexibility index (Phi) is 4.59. The summed E-state index contributed by atoms with van der Waals surface area (Å²) in [7, 11) is 0. The Labute approximate surface area is 142 Å². The predicted octanol–water partition coefficient (Wildman–Crippen LogP) is 5.18. The summed E-state index contributed by atoms with van der Waals surface area (Å²) in [5.41, 5.74) is 3.06. The molecule has 0 aromatic heterocycles. The minimum atomic E-state index is -0.0526. The third kappa shape index (κ3) is 2.96. The zero-order valence-electron chi connectivity index (χ0n) is 15.7. The Morgan fingerprint density at radius 2 is 1.91 bits per heavy atom. The van der Waals surface area contributed by atoms with Crippen molar-refractivity contribution in [3.63, 3.8) is 0 Å². The summed E-state index contributed by atoms with van der Waals surface area (Å²) < 4.78 is 0. The monoisotopic (exact) mass is 315 g/mol. The molecule has 4 atom stereocenters. The first kappa shape index (κ1) is 17.0. The van der Waals surface area contributed by atoms with Gasteiger partial charge in [0.1, 0.15) is 0 Å². The molecule has 3 rings (SSSR count). The van der Waals surface area contributed by atoms with Gasteiger partial charge in [0.25, 0.3) is 0 Å². The summed E-state index contributed by atoms with van der Waals surface area (Å²) in [6.07, 6.45) is 3.66. The van der Waals surface area contributed by atoms with E-state index in [1.165, 1.54) is 18.4 Å². The molecule has 2 nitrogen and oxygen atoms in total. The Balaban J connectivity index is 1.91. The Morgan fingerprint density at radius 3 is 2.57 bits per heavy atom. The quantitative estimate of drug-likeness (QED) is 0.762. The van der Waals surface area contributed by atoms with Crippen LogP contribution in [0.5, 0.6) is 0 Å². The lowest BCUT2D eigenvalue weighted by Crippen LogP contribution is -2.45. The van der Waals surface area contributed by atoms with Crippen LogP contribution in [0.3, 0.4) is 0 Å². The molecular formula is C21H33NO. The first-order valence-corrected chi connectivity index (χ1v) is 9.40. The maximum atomic E-state index is 6.40. The Hall–Kier alpha value is -0.860. The minimum absolute atomic E-state index is 0.0526. The second-order valence-corrected chi connectivity index (χ2v) is 8.44. The van der Waals surface area contributed by atoms with Crippen LogP contribution < -0.4 is 0 Å². The van der Waals surface area contributed by atoms with Crippen LogP contribution in [-0.4, -0.2) is 22.7 Å². The molecule has 1 aromatic rings. The molecule has 0 amide bonds. The van der Waals surface area contributed by atoms with Crippen LogP contribution in [0.25, 0.3) is 0 Å². The van der Waals surface area contributed by atoms with Crippen LogP contribution in [0.1, 0.15) is 71.4 Å². The van der Waals surface area contributed by atoms with Crippen molar-refractivity contribution in [3.8, 4) is 0 Å². The molecule has 0 spiro atoms. The third-order valence-corrected chi connectivity index (χ3v) is 6.10. The number of hydrogen-bond donors (Lipinski definition) is 0. The van der Waals surface area contributed by atoms with Gasteiger partial charge in [-0.3, -0.25) is 4.84 Å². The van der Waals surface area contributed by atoms with E-state index in [4.69, 9.17) is 4.84 Å². The van der Waals surface area contributed by atoms with Gasteiger partial charge in [-0.1, -0.05) is 38.1 Å². The van der Waals surface area contributed by atoms with Crippen molar-refractivity contribution in [2.24, 2.45) is 11.8 Å². The maximum absolute atomic E-state index is 6.40. The van der Waals surface area contributed by atoms with Crippen molar-refractivity contribution < 1.29 is 4.84 Å². The largest absolute Gasteiger partial charge is 0.292 e. The molecule has 2 heteroatoms. The van der Waals surface area contributed by atoms with E-state index in [0.29, 0.717) is 29.8 Å². The molecule has 2 fully saturated rings. The molecular weight excluding hydrogens is 282 g/mol. The van der Waals surface area contributed by atoms with Gasteiger partial charge in [-0.05, 0) is 69.9 Å². The van der Waals surface area contributed by atoms with E-state index in [1.807, 2.05) is 0 Å². The first-order valence-electron chi connectivity index (χ1n) is 9.40. The van der Waals surface area contributed by atoms with Gasteiger partial charge in [-0.2, -0.15) is 5.06 Å². The Bertz CT molecular complexity index is 551. The molecule has 1 aromatic carbocycles. The van der Waals surface area contributed by atoms with Gasteiger partial charge >= 0.3 is 0 Å². The lowest BCUT2D eigenvalue weighted by Gasteiger charge is -2.41. The SMILES string of the molecule is CCc1ccccc1C1CC(C)C2C(C1)C(C)(C)ON2C(C)C. The van der Waals surface area contributed by atoms with E-state index in [2.05, 4.69) is 70.9 Å². The van der Waals surface area contributed by atoms with Crippen LogP contribution in [0.15, 0.2) is 24.3 Å². The zero-order chi connectivity index (χ0) is 16.8. The van der Waals surface area contributed by atoms with E-state index in [1.54, 1.807) is 5.56 Å². The highest BCUT2D eigenvalue weighted by atomic mass is 16.7. The fraction of sp³-hybridized carbons (Fsp3) is 0.714. The number of nitrogens with zero attached hydrogens (tertiary/aromatic N) is 1. The number of benzene rings is 1. The van der Waals surface area contributed by atoms with Crippen LogP contribution in [0, 0.1) is 11.8 Å². The van der Waals surface area contributed by atoms with E-state index >= 15 is 0 Å². The van der Waals surface area contributed by atoms with E-state index in [9.17, 15) is 0 Å². The average molecular weight is 316 g/mol. The highest BCUT2D eigenvalue weighted by molar-refractivity contribution is 5.31. The van der Waals surface area contributed by atoms with Crippen LogP contribution >= 0.6 is 0 Å². The summed E-state index contributed by atoms with van der Waals surface area (Å²) in [5, 5.41) is 2.30. The van der Waals surface area contributed by atoms with Crippen LogP contribution in [0.4, 0.5) is 0 Å². The number of hydrogen-bond acceptors (Lipinski definition) is 2. The molecule has 1 aliphatic carbocycles.